The summed E-state index contributed by atoms with van der Waals surface area (Å²) in [7, 11) is 0. The SMILES string of the molecule is C[C@@H](CO)NC(=O)C1=C(O)[C@@H]2Oc3c(O)ccc4c3[C@@]23CCN(CC2CC2)[C@H](C4)[C@]3(O)C1. The van der Waals surface area contributed by atoms with Gasteiger partial charge in [-0.1, -0.05) is 6.07 Å². The number of carbonyl (C=O) groups excluding carboxylic acids is 1. The molecule has 5 atom stereocenters. The van der Waals surface area contributed by atoms with E-state index in [0.29, 0.717) is 24.5 Å². The summed E-state index contributed by atoms with van der Waals surface area (Å²) in [5.41, 5.74) is -0.303. The molecule has 1 saturated heterocycles. The largest absolute Gasteiger partial charge is 0.508 e. The fourth-order valence-corrected chi connectivity index (χ4v) is 6.72. The first kappa shape index (κ1) is 20.3. The summed E-state index contributed by atoms with van der Waals surface area (Å²) in [5.74, 6) is 0.267. The number of amides is 1. The first-order valence-electron chi connectivity index (χ1n) is 11.6. The molecule has 32 heavy (non-hydrogen) atoms. The number of phenols is 1. The van der Waals surface area contributed by atoms with Crippen molar-refractivity contribution < 1.29 is 30.0 Å². The van der Waals surface area contributed by atoms with Crippen LogP contribution in [0.4, 0.5) is 0 Å². The second kappa shape index (κ2) is 6.62. The number of nitrogens with zero attached hydrogens (tertiary/aromatic N) is 1. The van der Waals surface area contributed by atoms with Gasteiger partial charge in [0, 0.05) is 30.6 Å². The van der Waals surface area contributed by atoms with Crippen LogP contribution in [0.5, 0.6) is 11.5 Å². The van der Waals surface area contributed by atoms with Gasteiger partial charge < -0.3 is 30.5 Å². The molecule has 2 fully saturated rings. The molecule has 0 unspecified atom stereocenters. The van der Waals surface area contributed by atoms with Gasteiger partial charge in [0.2, 0.25) is 0 Å². The van der Waals surface area contributed by atoms with Crippen molar-refractivity contribution in [1.82, 2.24) is 10.2 Å². The Bertz CT molecular complexity index is 1040. The number of hydrogen-bond donors (Lipinski definition) is 5. The zero-order valence-corrected chi connectivity index (χ0v) is 18.2. The van der Waals surface area contributed by atoms with E-state index >= 15 is 0 Å². The first-order chi connectivity index (χ1) is 15.3. The van der Waals surface area contributed by atoms with Crippen LogP contribution >= 0.6 is 0 Å². The Kier molecular flexibility index (Phi) is 4.20. The molecule has 1 aromatic rings. The molecule has 1 spiro atoms. The number of benzene rings is 1. The molecular weight excluding hydrogens is 412 g/mol. The summed E-state index contributed by atoms with van der Waals surface area (Å²) in [4.78, 5) is 15.4. The average Bonchev–Trinajstić information content (AvgIpc) is 3.50. The summed E-state index contributed by atoms with van der Waals surface area (Å²) < 4.78 is 6.16. The van der Waals surface area contributed by atoms with E-state index in [-0.39, 0.29) is 36.2 Å². The minimum absolute atomic E-state index is 0.00302. The minimum Gasteiger partial charge on any atom is -0.508 e. The highest BCUT2D eigenvalue weighted by molar-refractivity contribution is 5.95. The molecule has 0 radical (unpaired) electrons. The van der Waals surface area contributed by atoms with Crippen LogP contribution in [0.2, 0.25) is 0 Å². The van der Waals surface area contributed by atoms with Gasteiger partial charge in [-0.15, -0.1) is 0 Å². The van der Waals surface area contributed by atoms with E-state index in [1.165, 1.54) is 12.8 Å². The molecule has 1 saturated carbocycles. The average molecular weight is 443 g/mol. The fourth-order valence-electron chi connectivity index (χ4n) is 6.72. The zero-order valence-electron chi connectivity index (χ0n) is 18.2. The Hall–Kier alpha value is -2.29. The van der Waals surface area contributed by atoms with E-state index in [1.807, 2.05) is 6.07 Å². The molecule has 5 aliphatic rings. The summed E-state index contributed by atoms with van der Waals surface area (Å²) in [5, 5.41) is 46.3. The lowest BCUT2D eigenvalue weighted by Gasteiger charge is -2.62. The molecular formula is C24H30N2O6. The number of aromatic hydroxyl groups is 1. The predicted octanol–water partition coefficient (Wildman–Crippen LogP) is 0.875. The van der Waals surface area contributed by atoms with Crippen LogP contribution in [-0.4, -0.2) is 74.7 Å². The van der Waals surface area contributed by atoms with Crippen molar-refractivity contribution in [1.29, 1.82) is 0 Å². The van der Waals surface area contributed by atoms with Crippen LogP contribution in [0.15, 0.2) is 23.5 Å². The number of phenolic OH excluding ortho intramolecular Hbond substituents is 1. The van der Waals surface area contributed by atoms with Gasteiger partial charge in [0.25, 0.3) is 5.91 Å². The second-order valence-electron chi connectivity index (χ2n) is 10.3. The smallest absolute Gasteiger partial charge is 0.251 e. The predicted molar refractivity (Wildman–Crippen MR) is 115 cm³/mol. The number of piperidine rings is 1. The highest BCUT2D eigenvalue weighted by Gasteiger charge is 2.73. The van der Waals surface area contributed by atoms with Crippen LogP contribution in [0.1, 0.15) is 43.7 Å². The first-order valence-corrected chi connectivity index (χ1v) is 11.6. The van der Waals surface area contributed by atoms with Gasteiger partial charge in [0.15, 0.2) is 17.6 Å². The molecule has 1 amide bonds. The summed E-state index contributed by atoms with van der Waals surface area (Å²) >= 11 is 0. The number of likely N-dealkylation sites (tertiary alicyclic amines) is 1. The van der Waals surface area contributed by atoms with Gasteiger partial charge in [0.1, 0.15) is 5.76 Å². The Balaban J connectivity index is 1.51. The quantitative estimate of drug-likeness (QED) is 0.459. The van der Waals surface area contributed by atoms with Crippen LogP contribution in [0, 0.1) is 5.92 Å². The van der Waals surface area contributed by atoms with Crippen molar-refractivity contribution in [2.45, 2.75) is 68.2 Å². The van der Waals surface area contributed by atoms with Crippen LogP contribution in [-0.2, 0) is 16.6 Å². The molecule has 172 valence electrons. The third-order valence-electron chi connectivity index (χ3n) is 8.44. The number of aliphatic hydroxyl groups is 3. The topological polar surface area (TPSA) is 122 Å². The van der Waals surface area contributed by atoms with Gasteiger partial charge in [0.05, 0.1) is 23.2 Å². The lowest BCUT2D eigenvalue weighted by atomic mass is 9.49. The third kappa shape index (κ3) is 2.46. The lowest BCUT2D eigenvalue weighted by Crippen LogP contribution is -2.75. The maximum atomic E-state index is 13.0. The Morgan fingerprint density at radius 3 is 2.84 bits per heavy atom. The fraction of sp³-hybridized carbons (Fsp3) is 0.625. The Labute approximate surface area is 186 Å². The molecule has 8 heteroatoms. The van der Waals surface area contributed by atoms with Gasteiger partial charge >= 0.3 is 0 Å². The van der Waals surface area contributed by atoms with Gasteiger partial charge in [-0.2, -0.15) is 0 Å². The van der Waals surface area contributed by atoms with Crippen molar-refractivity contribution in [3.8, 4) is 11.5 Å². The van der Waals surface area contributed by atoms with Gasteiger partial charge in [-0.05, 0) is 56.7 Å². The Morgan fingerprint density at radius 2 is 2.12 bits per heavy atom. The van der Waals surface area contributed by atoms with Crippen LogP contribution < -0.4 is 10.1 Å². The summed E-state index contributed by atoms with van der Waals surface area (Å²) in [6.07, 6.45) is 2.67. The molecule has 3 aliphatic carbocycles. The summed E-state index contributed by atoms with van der Waals surface area (Å²) in [6.45, 7) is 3.14. The van der Waals surface area contributed by atoms with Gasteiger partial charge in [-0.3, -0.25) is 9.69 Å². The summed E-state index contributed by atoms with van der Waals surface area (Å²) in [6, 6.07) is 2.82. The van der Waals surface area contributed by atoms with E-state index in [2.05, 4.69) is 10.2 Å². The van der Waals surface area contributed by atoms with E-state index in [9.17, 15) is 25.2 Å². The Morgan fingerprint density at radius 1 is 1.34 bits per heavy atom. The van der Waals surface area contributed by atoms with Crippen molar-refractivity contribution in [3.05, 3.63) is 34.6 Å². The second-order valence-corrected chi connectivity index (χ2v) is 10.3. The van der Waals surface area contributed by atoms with Crippen molar-refractivity contribution in [3.63, 3.8) is 0 Å². The van der Waals surface area contributed by atoms with Crippen molar-refractivity contribution in [2.24, 2.45) is 5.92 Å². The molecule has 2 aliphatic heterocycles. The standard InChI is InChI=1S/C24H30N2O6/c1-12(11-27)25-22(30)15-9-24(31)17-8-14-4-5-16(28)20-18(14)23(24,21(32-20)19(15)29)6-7-26(17)10-13-2-3-13/h4-5,12-13,17,21,27-29,31H,2-3,6-11H2,1H3,(H,25,30)/t12-,17+,21-,23-,24+/m0/s1. The minimum atomic E-state index is -1.32. The number of rotatable bonds is 5. The zero-order chi connectivity index (χ0) is 22.4. The van der Waals surface area contributed by atoms with Crippen molar-refractivity contribution in [2.75, 3.05) is 19.7 Å². The molecule has 5 N–H and O–H groups in total. The molecule has 2 bridgehead atoms. The molecule has 8 nitrogen and oxygen atoms in total. The van der Waals surface area contributed by atoms with Gasteiger partial charge in [-0.25, -0.2) is 0 Å². The number of carbonyl (C=O) groups is 1. The number of aliphatic hydroxyl groups excluding tert-OH is 2. The maximum Gasteiger partial charge on any atom is 0.251 e. The van der Waals surface area contributed by atoms with E-state index in [4.69, 9.17) is 4.74 Å². The molecule has 2 heterocycles. The number of nitrogens with one attached hydrogen (secondary N) is 1. The third-order valence-corrected chi connectivity index (χ3v) is 8.44. The number of ether oxygens (including phenoxy) is 1. The van der Waals surface area contributed by atoms with E-state index in [0.717, 1.165) is 24.2 Å². The molecule has 1 aromatic carbocycles. The van der Waals surface area contributed by atoms with E-state index < -0.39 is 29.1 Å². The highest BCUT2D eigenvalue weighted by Crippen LogP contribution is 2.66. The molecule has 0 aromatic heterocycles. The normalized spacial score (nSPS) is 35.8. The van der Waals surface area contributed by atoms with Crippen LogP contribution in [0.3, 0.4) is 0 Å². The lowest BCUT2D eigenvalue weighted by molar-refractivity contribution is -0.172. The number of hydrogen-bond acceptors (Lipinski definition) is 7. The highest BCUT2D eigenvalue weighted by atomic mass is 16.5. The maximum absolute atomic E-state index is 13.0. The monoisotopic (exact) mass is 442 g/mol. The van der Waals surface area contributed by atoms with E-state index in [1.54, 1.807) is 13.0 Å². The van der Waals surface area contributed by atoms with Crippen LogP contribution in [0.25, 0.3) is 0 Å². The van der Waals surface area contributed by atoms with Crippen molar-refractivity contribution >= 4 is 5.91 Å². The molecule has 6 rings (SSSR count).